The molecule has 4 heteroatoms. The predicted octanol–water partition coefficient (Wildman–Crippen LogP) is 4.83. The molecule has 0 aromatic heterocycles. The molecule has 1 aliphatic rings. The van der Waals surface area contributed by atoms with E-state index in [0.29, 0.717) is 17.6 Å². The summed E-state index contributed by atoms with van der Waals surface area (Å²) in [5, 5.41) is 7.46. The molecule has 2 rings (SSSR count). The predicted molar refractivity (Wildman–Crippen MR) is 70.3 cm³/mol. The zero-order valence-electron chi connectivity index (χ0n) is 10.5. The maximum atomic E-state index is 13.1. The zero-order valence-corrected chi connectivity index (χ0v) is 10.5. The number of allylic oxidation sites excluding steroid dienone is 4. The maximum absolute atomic E-state index is 13.1. The van der Waals surface area contributed by atoms with Gasteiger partial charge in [-0.3, -0.25) is 0 Å². The number of hydrogen-bond acceptors (Lipinski definition) is 1. The molecule has 0 saturated heterocycles. The van der Waals surface area contributed by atoms with Crippen molar-refractivity contribution in [3.8, 4) is 0 Å². The molecule has 0 bridgehead atoms. The molecule has 0 unspecified atom stereocenters. The average Bonchev–Trinajstić information content (AvgIpc) is 2.38. The second-order valence-corrected chi connectivity index (χ2v) is 4.54. The summed E-state index contributed by atoms with van der Waals surface area (Å²) in [6, 6.07) is 4.12. The van der Waals surface area contributed by atoms with Crippen LogP contribution in [-0.4, -0.2) is 5.71 Å². The number of halogens is 3. The van der Waals surface area contributed by atoms with Crippen LogP contribution in [0.4, 0.5) is 13.2 Å². The van der Waals surface area contributed by atoms with Crippen molar-refractivity contribution in [3.05, 3.63) is 53.1 Å². The Morgan fingerprint density at radius 1 is 1.26 bits per heavy atom. The Morgan fingerprint density at radius 2 is 2.00 bits per heavy atom. The molecule has 1 N–H and O–H groups in total. The Kier molecular flexibility index (Phi) is 3.60. The van der Waals surface area contributed by atoms with E-state index >= 15 is 0 Å². The van der Waals surface area contributed by atoms with Crippen LogP contribution >= 0.6 is 0 Å². The quantitative estimate of drug-likeness (QED) is 0.741. The van der Waals surface area contributed by atoms with Crippen molar-refractivity contribution in [2.24, 2.45) is 0 Å². The lowest BCUT2D eigenvalue weighted by Gasteiger charge is -2.17. The Balaban J connectivity index is 2.57. The van der Waals surface area contributed by atoms with E-state index < -0.39 is 11.7 Å². The number of nitrogens with one attached hydrogen (secondary N) is 1. The van der Waals surface area contributed by atoms with Crippen LogP contribution in [0.2, 0.25) is 0 Å². The third-order valence-corrected chi connectivity index (χ3v) is 3.12. The highest BCUT2D eigenvalue weighted by atomic mass is 19.4. The third-order valence-electron chi connectivity index (χ3n) is 3.12. The van der Waals surface area contributed by atoms with E-state index in [9.17, 15) is 13.2 Å². The van der Waals surface area contributed by atoms with Crippen LogP contribution in [0, 0.1) is 5.41 Å². The molecule has 0 aliphatic heterocycles. The van der Waals surface area contributed by atoms with E-state index in [4.69, 9.17) is 5.41 Å². The highest BCUT2D eigenvalue weighted by molar-refractivity contribution is 5.96. The summed E-state index contributed by atoms with van der Waals surface area (Å²) in [6.45, 7) is 1.48. The molecule has 0 radical (unpaired) electrons. The summed E-state index contributed by atoms with van der Waals surface area (Å²) in [4.78, 5) is 0. The van der Waals surface area contributed by atoms with Gasteiger partial charge in [-0.05, 0) is 42.5 Å². The van der Waals surface area contributed by atoms with Crippen molar-refractivity contribution in [3.63, 3.8) is 0 Å². The Hall–Kier alpha value is -1.84. The van der Waals surface area contributed by atoms with Crippen molar-refractivity contribution in [1.82, 2.24) is 0 Å². The molecule has 0 atom stereocenters. The van der Waals surface area contributed by atoms with Crippen LogP contribution in [0.25, 0.3) is 5.57 Å². The van der Waals surface area contributed by atoms with Crippen molar-refractivity contribution in [2.75, 3.05) is 0 Å². The van der Waals surface area contributed by atoms with Gasteiger partial charge in [-0.25, -0.2) is 0 Å². The topological polar surface area (TPSA) is 23.9 Å². The Labute approximate surface area is 110 Å². The smallest absolute Gasteiger partial charge is 0.305 e. The highest BCUT2D eigenvalue weighted by Crippen LogP contribution is 2.37. The standard InChI is InChI=1S/C15H14F3N/c1-10(19)12-7-8-13(11-5-3-2-4-6-11)14(9-12)15(16,17)18/h2-3,5,7-9,19H,4,6H2,1H3. The summed E-state index contributed by atoms with van der Waals surface area (Å²) in [5.41, 5.74) is 0.710. The lowest BCUT2D eigenvalue weighted by molar-refractivity contribution is -0.137. The molecular formula is C15H14F3N. The molecule has 0 amide bonds. The van der Waals surface area contributed by atoms with Gasteiger partial charge in [-0.2, -0.15) is 13.2 Å². The van der Waals surface area contributed by atoms with Crippen LogP contribution in [0.1, 0.15) is 36.5 Å². The molecule has 0 heterocycles. The van der Waals surface area contributed by atoms with Gasteiger partial charge in [0.2, 0.25) is 0 Å². The number of hydrogen-bond donors (Lipinski definition) is 1. The average molecular weight is 265 g/mol. The number of benzene rings is 1. The second kappa shape index (κ2) is 5.03. The van der Waals surface area contributed by atoms with E-state index in [-0.39, 0.29) is 11.3 Å². The highest BCUT2D eigenvalue weighted by Gasteiger charge is 2.34. The first-order chi connectivity index (χ1) is 8.89. The molecule has 0 fully saturated rings. The third kappa shape index (κ3) is 2.95. The second-order valence-electron chi connectivity index (χ2n) is 4.54. The van der Waals surface area contributed by atoms with E-state index in [1.165, 1.54) is 13.0 Å². The van der Waals surface area contributed by atoms with Gasteiger partial charge in [0.1, 0.15) is 0 Å². The molecule has 1 aromatic carbocycles. The molecule has 0 spiro atoms. The minimum atomic E-state index is -4.40. The molecule has 0 saturated carbocycles. The maximum Gasteiger partial charge on any atom is 0.417 e. The molecule has 1 aromatic rings. The fourth-order valence-electron chi connectivity index (χ4n) is 2.12. The van der Waals surface area contributed by atoms with Crippen molar-refractivity contribution >= 4 is 11.3 Å². The summed E-state index contributed by atoms with van der Waals surface area (Å²) in [5.74, 6) is 0. The first-order valence-corrected chi connectivity index (χ1v) is 6.02. The minimum Gasteiger partial charge on any atom is -0.305 e. The minimum absolute atomic E-state index is 0.134. The van der Waals surface area contributed by atoms with Crippen molar-refractivity contribution in [2.45, 2.75) is 25.9 Å². The summed E-state index contributed by atoms with van der Waals surface area (Å²) >= 11 is 0. The van der Waals surface area contributed by atoms with Crippen LogP contribution in [0.3, 0.4) is 0 Å². The SMILES string of the molecule is CC(=N)c1ccc(C2=CC=CCC2)c(C(F)(F)F)c1. The molecule has 1 nitrogen and oxygen atoms in total. The van der Waals surface area contributed by atoms with Gasteiger partial charge < -0.3 is 5.41 Å². The Bertz CT molecular complexity index is 565. The van der Waals surface area contributed by atoms with Crippen molar-refractivity contribution < 1.29 is 13.2 Å². The van der Waals surface area contributed by atoms with Crippen LogP contribution in [0.15, 0.2) is 36.4 Å². The van der Waals surface area contributed by atoms with Gasteiger partial charge >= 0.3 is 6.18 Å². The molecule has 1 aliphatic carbocycles. The van der Waals surface area contributed by atoms with Gasteiger partial charge in [0.05, 0.1) is 5.56 Å². The van der Waals surface area contributed by atoms with Crippen LogP contribution in [-0.2, 0) is 6.18 Å². The molecule has 100 valence electrons. The first-order valence-electron chi connectivity index (χ1n) is 6.02. The van der Waals surface area contributed by atoms with E-state index in [1.807, 2.05) is 6.08 Å². The zero-order chi connectivity index (χ0) is 14.0. The lowest BCUT2D eigenvalue weighted by Crippen LogP contribution is -2.11. The van der Waals surface area contributed by atoms with E-state index in [1.54, 1.807) is 18.2 Å². The van der Waals surface area contributed by atoms with E-state index in [2.05, 4.69) is 0 Å². The summed E-state index contributed by atoms with van der Waals surface area (Å²) in [6.07, 6.45) is 2.42. The monoisotopic (exact) mass is 265 g/mol. The van der Waals surface area contributed by atoms with Gasteiger partial charge in [0.15, 0.2) is 0 Å². The molecular weight excluding hydrogens is 251 g/mol. The van der Waals surface area contributed by atoms with Gasteiger partial charge in [0, 0.05) is 5.71 Å². The summed E-state index contributed by atoms with van der Waals surface area (Å²) in [7, 11) is 0. The van der Waals surface area contributed by atoms with Gasteiger partial charge in [-0.15, -0.1) is 0 Å². The van der Waals surface area contributed by atoms with Crippen LogP contribution in [0.5, 0.6) is 0 Å². The van der Waals surface area contributed by atoms with Gasteiger partial charge in [0.25, 0.3) is 0 Å². The first kappa shape index (κ1) is 13.6. The molecule has 19 heavy (non-hydrogen) atoms. The number of alkyl halides is 3. The largest absolute Gasteiger partial charge is 0.417 e. The number of rotatable bonds is 2. The van der Waals surface area contributed by atoms with E-state index in [0.717, 1.165) is 12.5 Å². The van der Waals surface area contributed by atoms with Crippen LogP contribution < -0.4 is 0 Å². The Morgan fingerprint density at radius 3 is 2.53 bits per heavy atom. The fourth-order valence-corrected chi connectivity index (χ4v) is 2.12. The summed E-state index contributed by atoms with van der Waals surface area (Å²) < 4.78 is 39.4. The normalized spacial score (nSPS) is 15.3. The lowest BCUT2D eigenvalue weighted by atomic mass is 9.91. The van der Waals surface area contributed by atoms with Gasteiger partial charge in [-0.1, -0.05) is 30.4 Å². The van der Waals surface area contributed by atoms with Crippen molar-refractivity contribution in [1.29, 1.82) is 5.41 Å². The fraction of sp³-hybridized carbons (Fsp3) is 0.267.